The van der Waals surface area contributed by atoms with Crippen LogP contribution in [0.2, 0.25) is 0 Å². The lowest BCUT2D eigenvalue weighted by molar-refractivity contribution is -0.142. The number of aromatic nitrogens is 1. The van der Waals surface area contributed by atoms with Gasteiger partial charge in [-0.3, -0.25) is 9.59 Å². The molecule has 26 heavy (non-hydrogen) atoms. The van der Waals surface area contributed by atoms with Gasteiger partial charge in [-0.2, -0.15) is 0 Å². The molecule has 2 amide bonds. The van der Waals surface area contributed by atoms with E-state index in [1.807, 2.05) is 36.0 Å². The molecule has 0 radical (unpaired) electrons. The summed E-state index contributed by atoms with van der Waals surface area (Å²) in [6.07, 6.45) is 8.90. The van der Waals surface area contributed by atoms with Gasteiger partial charge < -0.3 is 15.1 Å². The highest BCUT2D eigenvalue weighted by Gasteiger charge is 2.37. The number of amides is 2. The van der Waals surface area contributed by atoms with Gasteiger partial charge in [0.1, 0.15) is 11.9 Å². The van der Waals surface area contributed by atoms with Crippen LogP contribution in [0, 0.1) is 5.92 Å². The van der Waals surface area contributed by atoms with Crippen LogP contribution in [0.1, 0.15) is 50.5 Å². The lowest BCUT2D eigenvalue weighted by Gasteiger charge is -2.30. The fourth-order valence-electron chi connectivity index (χ4n) is 4.01. The first-order chi connectivity index (χ1) is 12.6. The zero-order valence-corrected chi connectivity index (χ0v) is 15.9. The van der Waals surface area contributed by atoms with Crippen molar-refractivity contribution in [2.24, 2.45) is 5.92 Å². The summed E-state index contributed by atoms with van der Waals surface area (Å²) in [5.74, 6) is 1.16. The standard InChI is InChI=1S/C20H30N4O2/c1-23(2)18-13-15(10-11-21-18)14-22-19(25)17-9-6-12-24(17)20(26)16-7-4-3-5-8-16/h10-11,13,16-17H,3-9,12,14H2,1-2H3,(H,22,25)/t17-/m0/s1. The Morgan fingerprint density at radius 3 is 2.69 bits per heavy atom. The summed E-state index contributed by atoms with van der Waals surface area (Å²) in [6.45, 7) is 1.18. The van der Waals surface area contributed by atoms with Crippen molar-refractivity contribution in [1.29, 1.82) is 0 Å². The van der Waals surface area contributed by atoms with Crippen molar-refractivity contribution in [3.63, 3.8) is 0 Å². The Bertz CT molecular complexity index is 640. The summed E-state index contributed by atoms with van der Waals surface area (Å²) >= 11 is 0. The molecule has 1 aliphatic heterocycles. The molecule has 1 saturated carbocycles. The van der Waals surface area contributed by atoms with Crippen LogP contribution in [-0.4, -0.2) is 48.4 Å². The van der Waals surface area contributed by atoms with E-state index in [1.165, 1.54) is 6.42 Å². The highest BCUT2D eigenvalue weighted by Crippen LogP contribution is 2.28. The van der Waals surface area contributed by atoms with Gasteiger partial charge in [-0.15, -0.1) is 0 Å². The number of nitrogens with zero attached hydrogens (tertiary/aromatic N) is 3. The van der Waals surface area contributed by atoms with Crippen LogP contribution >= 0.6 is 0 Å². The second kappa shape index (κ2) is 8.52. The van der Waals surface area contributed by atoms with E-state index in [0.717, 1.165) is 49.9 Å². The summed E-state index contributed by atoms with van der Waals surface area (Å²) in [7, 11) is 3.88. The van der Waals surface area contributed by atoms with Crippen LogP contribution in [0.15, 0.2) is 18.3 Å². The van der Waals surface area contributed by atoms with Gasteiger partial charge in [-0.25, -0.2) is 4.98 Å². The van der Waals surface area contributed by atoms with Crippen molar-refractivity contribution in [2.75, 3.05) is 25.5 Å². The lowest BCUT2D eigenvalue weighted by atomic mass is 9.88. The van der Waals surface area contributed by atoms with Crippen molar-refractivity contribution in [3.05, 3.63) is 23.9 Å². The van der Waals surface area contributed by atoms with Crippen LogP contribution in [0.3, 0.4) is 0 Å². The summed E-state index contributed by atoms with van der Waals surface area (Å²) < 4.78 is 0. The van der Waals surface area contributed by atoms with E-state index >= 15 is 0 Å². The average Bonchev–Trinajstić information content (AvgIpc) is 3.16. The number of anilines is 1. The number of hydrogen-bond donors (Lipinski definition) is 1. The van der Waals surface area contributed by atoms with E-state index in [2.05, 4.69) is 10.3 Å². The predicted octanol–water partition coefficient (Wildman–Crippen LogP) is 2.34. The molecule has 6 nitrogen and oxygen atoms in total. The third kappa shape index (κ3) is 4.34. The number of hydrogen-bond acceptors (Lipinski definition) is 4. The molecule has 0 aromatic carbocycles. The number of carbonyl (C=O) groups is 2. The van der Waals surface area contributed by atoms with Gasteiger partial charge >= 0.3 is 0 Å². The van der Waals surface area contributed by atoms with E-state index in [1.54, 1.807) is 6.20 Å². The normalized spacial score (nSPS) is 20.8. The minimum Gasteiger partial charge on any atom is -0.363 e. The minimum absolute atomic E-state index is 0.0325. The number of nitrogens with one attached hydrogen (secondary N) is 1. The summed E-state index contributed by atoms with van der Waals surface area (Å²) in [6, 6.07) is 3.58. The molecule has 1 saturated heterocycles. The van der Waals surface area contributed by atoms with Gasteiger partial charge in [0.25, 0.3) is 0 Å². The Balaban J connectivity index is 1.58. The maximum Gasteiger partial charge on any atom is 0.243 e. The molecule has 1 aliphatic carbocycles. The lowest BCUT2D eigenvalue weighted by Crippen LogP contribution is -2.48. The van der Waals surface area contributed by atoms with Crippen LogP contribution in [0.4, 0.5) is 5.82 Å². The molecular formula is C20H30N4O2. The summed E-state index contributed by atoms with van der Waals surface area (Å²) in [5, 5.41) is 3.02. The van der Waals surface area contributed by atoms with E-state index in [-0.39, 0.29) is 23.8 Å². The first kappa shape index (κ1) is 18.7. The van der Waals surface area contributed by atoms with Crippen molar-refractivity contribution in [2.45, 2.75) is 57.5 Å². The molecule has 0 unspecified atom stereocenters. The van der Waals surface area contributed by atoms with Gasteiger partial charge in [-0.05, 0) is 43.4 Å². The molecule has 0 spiro atoms. The third-order valence-corrected chi connectivity index (χ3v) is 5.53. The number of likely N-dealkylation sites (tertiary alicyclic amines) is 1. The molecule has 2 aliphatic rings. The third-order valence-electron chi connectivity index (χ3n) is 5.53. The number of pyridine rings is 1. The fourth-order valence-corrected chi connectivity index (χ4v) is 4.01. The predicted molar refractivity (Wildman–Crippen MR) is 102 cm³/mol. The van der Waals surface area contributed by atoms with Crippen molar-refractivity contribution < 1.29 is 9.59 Å². The molecule has 1 aromatic heterocycles. The largest absolute Gasteiger partial charge is 0.363 e. The molecule has 1 N–H and O–H groups in total. The van der Waals surface area contributed by atoms with Crippen molar-refractivity contribution in [3.8, 4) is 0 Å². The molecule has 3 rings (SSSR count). The number of carbonyl (C=O) groups excluding carboxylic acids is 2. The van der Waals surface area contributed by atoms with Crippen molar-refractivity contribution >= 4 is 17.6 Å². The highest BCUT2D eigenvalue weighted by atomic mass is 16.2. The molecule has 6 heteroatoms. The van der Waals surface area contributed by atoms with Gasteiger partial charge in [0.05, 0.1) is 0 Å². The average molecular weight is 358 g/mol. The first-order valence-electron chi connectivity index (χ1n) is 9.76. The number of rotatable bonds is 5. The molecule has 2 fully saturated rings. The first-order valence-corrected chi connectivity index (χ1v) is 9.76. The second-order valence-electron chi connectivity index (χ2n) is 7.66. The maximum atomic E-state index is 12.8. The quantitative estimate of drug-likeness (QED) is 0.877. The zero-order chi connectivity index (χ0) is 18.5. The molecule has 0 bridgehead atoms. The van der Waals surface area contributed by atoms with Gasteiger partial charge in [-0.1, -0.05) is 19.3 Å². The Hall–Kier alpha value is -2.11. The van der Waals surface area contributed by atoms with Crippen LogP contribution in [0.25, 0.3) is 0 Å². The van der Waals surface area contributed by atoms with E-state index in [4.69, 9.17) is 0 Å². The molecule has 142 valence electrons. The molecular weight excluding hydrogens is 328 g/mol. The fraction of sp³-hybridized carbons (Fsp3) is 0.650. The van der Waals surface area contributed by atoms with Gasteiger partial charge in [0.15, 0.2) is 0 Å². The van der Waals surface area contributed by atoms with E-state index < -0.39 is 0 Å². The Morgan fingerprint density at radius 2 is 1.96 bits per heavy atom. The highest BCUT2D eigenvalue weighted by molar-refractivity contribution is 5.89. The van der Waals surface area contributed by atoms with Gasteiger partial charge in [0, 0.05) is 39.3 Å². The Morgan fingerprint density at radius 1 is 1.19 bits per heavy atom. The molecule has 1 aromatic rings. The van der Waals surface area contributed by atoms with Crippen LogP contribution < -0.4 is 10.2 Å². The molecule has 2 heterocycles. The maximum absolute atomic E-state index is 12.8. The smallest absolute Gasteiger partial charge is 0.243 e. The zero-order valence-electron chi connectivity index (χ0n) is 15.9. The topological polar surface area (TPSA) is 65.5 Å². The van der Waals surface area contributed by atoms with E-state index in [0.29, 0.717) is 13.1 Å². The SMILES string of the molecule is CN(C)c1cc(CNC(=O)[C@@H]2CCCN2C(=O)C2CCCCC2)ccn1. The van der Waals surface area contributed by atoms with Crippen LogP contribution in [-0.2, 0) is 16.1 Å². The van der Waals surface area contributed by atoms with E-state index in [9.17, 15) is 9.59 Å². The summed E-state index contributed by atoms with van der Waals surface area (Å²) in [5.41, 5.74) is 1.01. The van der Waals surface area contributed by atoms with Crippen LogP contribution in [0.5, 0.6) is 0 Å². The van der Waals surface area contributed by atoms with Crippen molar-refractivity contribution in [1.82, 2.24) is 15.2 Å². The summed E-state index contributed by atoms with van der Waals surface area (Å²) in [4.78, 5) is 33.6. The van der Waals surface area contributed by atoms with Gasteiger partial charge in [0.2, 0.25) is 11.8 Å². The second-order valence-corrected chi connectivity index (χ2v) is 7.66. The molecule has 1 atom stereocenters. The Kier molecular flexibility index (Phi) is 6.12. The monoisotopic (exact) mass is 358 g/mol. The minimum atomic E-state index is -0.306. The Labute approximate surface area is 156 Å².